The average Bonchev–Trinajstić information content (AvgIpc) is 3.74. The van der Waals surface area contributed by atoms with E-state index in [2.05, 4.69) is 179 Å². The predicted octanol–water partition coefficient (Wildman–Crippen LogP) is 12.3. The zero-order valence-electron chi connectivity index (χ0n) is 28.1. The Kier molecular flexibility index (Phi) is 6.22. The Morgan fingerprint density at radius 2 is 0.981 bits per heavy atom. The van der Waals surface area contributed by atoms with Gasteiger partial charge in [0.2, 0.25) is 0 Å². The van der Waals surface area contributed by atoms with Crippen LogP contribution >= 0.6 is 0 Å². The number of benzene rings is 8. The molecule has 0 saturated carbocycles. The molecule has 0 radical (unpaired) electrons. The lowest BCUT2D eigenvalue weighted by Gasteiger charge is -2.16. The van der Waals surface area contributed by atoms with Gasteiger partial charge in [-0.2, -0.15) is 0 Å². The van der Waals surface area contributed by atoms with Gasteiger partial charge < -0.3 is 9.13 Å². The topological polar surface area (TPSA) is 35.6 Å². The van der Waals surface area contributed by atoms with Crippen LogP contribution in [0.3, 0.4) is 0 Å². The van der Waals surface area contributed by atoms with Crippen molar-refractivity contribution in [3.05, 3.63) is 182 Å². The predicted molar refractivity (Wildman–Crippen MR) is 217 cm³/mol. The van der Waals surface area contributed by atoms with Crippen LogP contribution in [0.5, 0.6) is 0 Å². The van der Waals surface area contributed by atoms with E-state index < -0.39 is 0 Å². The third-order valence-electron chi connectivity index (χ3n) is 10.5. The van der Waals surface area contributed by atoms with E-state index in [4.69, 9.17) is 9.97 Å². The number of para-hydroxylation sites is 3. The van der Waals surface area contributed by atoms with E-state index in [1.54, 1.807) is 0 Å². The van der Waals surface area contributed by atoms with Crippen LogP contribution in [-0.2, 0) is 0 Å². The third-order valence-corrected chi connectivity index (χ3v) is 10.5. The molecule has 11 rings (SSSR count). The highest BCUT2D eigenvalue weighted by molar-refractivity contribution is 6.28. The van der Waals surface area contributed by atoms with Gasteiger partial charge in [-0.15, -0.1) is 0 Å². The summed E-state index contributed by atoms with van der Waals surface area (Å²) in [5, 5.41) is 7.35. The molecule has 4 heteroatoms. The molecule has 0 unspecified atom stereocenters. The molecule has 0 fully saturated rings. The quantitative estimate of drug-likeness (QED) is 0.188. The Morgan fingerprint density at radius 3 is 1.75 bits per heavy atom. The molecule has 0 bridgehead atoms. The summed E-state index contributed by atoms with van der Waals surface area (Å²) in [6.45, 7) is 0. The Balaban J connectivity index is 1.33. The van der Waals surface area contributed by atoms with Crippen molar-refractivity contribution in [2.45, 2.75) is 0 Å². The minimum atomic E-state index is 0.851. The molecule has 52 heavy (non-hydrogen) atoms. The lowest BCUT2D eigenvalue weighted by molar-refractivity contribution is 1.15. The van der Waals surface area contributed by atoms with Crippen molar-refractivity contribution in [1.29, 1.82) is 0 Å². The molecule has 0 aliphatic carbocycles. The first-order chi connectivity index (χ1) is 25.8. The molecule has 0 spiro atoms. The summed E-state index contributed by atoms with van der Waals surface area (Å²) in [4.78, 5) is 10.9. The average molecular weight is 663 g/mol. The highest BCUT2D eigenvalue weighted by Crippen LogP contribution is 2.44. The number of aromatic nitrogens is 4. The summed E-state index contributed by atoms with van der Waals surface area (Å²) in [6.07, 6.45) is 0. The van der Waals surface area contributed by atoms with E-state index in [0.29, 0.717) is 0 Å². The first kappa shape index (κ1) is 28.8. The van der Waals surface area contributed by atoms with Crippen LogP contribution in [0, 0.1) is 0 Å². The van der Waals surface area contributed by atoms with Crippen molar-refractivity contribution in [2.75, 3.05) is 0 Å². The third kappa shape index (κ3) is 4.15. The molecule has 0 aliphatic heterocycles. The van der Waals surface area contributed by atoms with Crippen LogP contribution in [0.15, 0.2) is 182 Å². The molecule has 8 aromatic carbocycles. The van der Waals surface area contributed by atoms with Crippen molar-refractivity contribution >= 4 is 65.4 Å². The normalized spacial score (nSPS) is 11.8. The van der Waals surface area contributed by atoms with Gasteiger partial charge >= 0.3 is 0 Å². The van der Waals surface area contributed by atoms with Gasteiger partial charge in [-0.1, -0.05) is 146 Å². The molecule has 0 atom stereocenters. The van der Waals surface area contributed by atoms with Crippen LogP contribution in [0.25, 0.3) is 99.3 Å². The van der Waals surface area contributed by atoms with E-state index >= 15 is 0 Å². The highest BCUT2D eigenvalue weighted by atomic mass is 15.1. The maximum Gasteiger partial charge on any atom is 0.113 e. The molecule has 0 amide bonds. The van der Waals surface area contributed by atoms with Gasteiger partial charge in [0.05, 0.1) is 44.7 Å². The van der Waals surface area contributed by atoms with Gasteiger partial charge in [-0.3, -0.25) is 0 Å². The van der Waals surface area contributed by atoms with Gasteiger partial charge in [0.1, 0.15) is 5.52 Å². The monoisotopic (exact) mass is 662 g/mol. The Labute approximate surface area is 299 Å². The Morgan fingerprint density at radius 1 is 0.365 bits per heavy atom. The highest BCUT2D eigenvalue weighted by Gasteiger charge is 2.24. The van der Waals surface area contributed by atoms with Gasteiger partial charge in [0.15, 0.2) is 0 Å². The fourth-order valence-corrected chi connectivity index (χ4v) is 8.25. The molecule has 11 aromatic rings. The zero-order valence-corrected chi connectivity index (χ0v) is 28.1. The summed E-state index contributed by atoms with van der Waals surface area (Å²) in [6, 6.07) is 64.6. The summed E-state index contributed by atoms with van der Waals surface area (Å²) >= 11 is 0. The molecule has 0 N–H and O–H groups in total. The molecule has 0 saturated heterocycles. The Hall–Kier alpha value is -7.04. The van der Waals surface area contributed by atoms with Crippen molar-refractivity contribution < 1.29 is 0 Å². The largest absolute Gasteiger partial charge is 0.307 e. The maximum absolute atomic E-state index is 5.55. The number of nitrogens with zero attached hydrogens (tertiary/aromatic N) is 4. The summed E-state index contributed by atoms with van der Waals surface area (Å²) in [5.41, 5.74) is 12.3. The smallest absolute Gasteiger partial charge is 0.113 e. The summed E-state index contributed by atoms with van der Waals surface area (Å²) in [5.74, 6) is 0. The van der Waals surface area contributed by atoms with Crippen LogP contribution in [0.2, 0.25) is 0 Å². The first-order valence-electron chi connectivity index (χ1n) is 17.7. The SMILES string of the molecule is c1ccc(-c2nc3cccc(-n4c5ccccc5c5ccc6c7c8ccccc8ccc7n(-c7ccccc7)c6c54)c3nc2-c2ccccc2)cc1. The molecular weight excluding hydrogens is 633 g/mol. The van der Waals surface area contributed by atoms with Gasteiger partial charge in [0.25, 0.3) is 0 Å². The summed E-state index contributed by atoms with van der Waals surface area (Å²) < 4.78 is 4.88. The fourth-order valence-electron chi connectivity index (χ4n) is 8.25. The van der Waals surface area contributed by atoms with Crippen LogP contribution in [-0.4, -0.2) is 19.1 Å². The zero-order chi connectivity index (χ0) is 34.2. The van der Waals surface area contributed by atoms with E-state index in [9.17, 15) is 0 Å². The second-order valence-electron chi connectivity index (χ2n) is 13.4. The fraction of sp³-hybridized carbons (Fsp3) is 0. The van der Waals surface area contributed by atoms with Crippen molar-refractivity contribution in [3.8, 4) is 33.9 Å². The van der Waals surface area contributed by atoms with Gasteiger partial charge in [-0.05, 0) is 47.2 Å². The standard InChI is InChI=1S/C48H30N4/c1-4-16-32(17-5-1)44-45(33-18-6-2-7-19-33)50-46-39(49-44)24-14-26-42(46)52-40-25-13-12-23-36(40)37-28-29-38-43-35-22-11-10-15-31(35)27-30-41(43)51(48(38)47(37)52)34-20-8-3-9-21-34/h1-30H. The van der Waals surface area contributed by atoms with Crippen molar-refractivity contribution in [2.24, 2.45) is 0 Å². The number of fused-ring (bicyclic) bond motifs is 10. The van der Waals surface area contributed by atoms with E-state index in [-0.39, 0.29) is 0 Å². The Bertz CT molecular complexity index is 3160. The maximum atomic E-state index is 5.55. The van der Waals surface area contributed by atoms with Crippen molar-refractivity contribution in [3.63, 3.8) is 0 Å². The van der Waals surface area contributed by atoms with E-state index in [0.717, 1.165) is 56.0 Å². The molecular formula is C48H30N4. The van der Waals surface area contributed by atoms with Crippen LogP contribution in [0.4, 0.5) is 0 Å². The van der Waals surface area contributed by atoms with Gasteiger partial charge in [0, 0.05) is 38.4 Å². The van der Waals surface area contributed by atoms with E-state index in [1.807, 2.05) is 12.1 Å². The summed E-state index contributed by atoms with van der Waals surface area (Å²) in [7, 11) is 0. The number of hydrogen-bond donors (Lipinski definition) is 0. The minimum absolute atomic E-state index is 0.851. The van der Waals surface area contributed by atoms with Crippen LogP contribution in [0.1, 0.15) is 0 Å². The molecule has 3 heterocycles. The lowest BCUT2D eigenvalue weighted by Crippen LogP contribution is -2.02. The number of hydrogen-bond acceptors (Lipinski definition) is 2. The number of rotatable bonds is 4. The first-order valence-corrected chi connectivity index (χ1v) is 17.7. The second-order valence-corrected chi connectivity index (χ2v) is 13.4. The van der Waals surface area contributed by atoms with Crippen molar-refractivity contribution in [1.82, 2.24) is 19.1 Å². The molecule has 4 nitrogen and oxygen atoms in total. The molecule has 0 aliphatic rings. The lowest BCUT2D eigenvalue weighted by atomic mass is 10.0. The second kappa shape index (κ2) is 11.2. The van der Waals surface area contributed by atoms with Crippen LogP contribution < -0.4 is 0 Å². The molecule has 242 valence electrons. The molecule has 3 aromatic heterocycles. The van der Waals surface area contributed by atoms with E-state index in [1.165, 1.54) is 43.4 Å². The minimum Gasteiger partial charge on any atom is -0.307 e. The van der Waals surface area contributed by atoms with Gasteiger partial charge in [-0.25, -0.2) is 9.97 Å².